The molecule has 1 unspecified atom stereocenters. The number of hydrogen-bond acceptors (Lipinski definition) is 5. The first-order chi connectivity index (χ1) is 15.3. The van der Waals surface area contributed by atoms with Crippen molar-refractivity contribution in [2.45, 2.75) is 20.0 Å². The van der Waals surface area contributed by atoms with Gasteiger partial charge in [-0.05, 0) is 68.4 Å². The summed E-state index contributed by atoms with van der Waals surface area (Å²) in [5, 5.41) is 4.55. The molecular weight excluding hydrogens is 496 g/mol. The van der Waals surface area contributed by atoms with Gasteiger partial charge in [-0.1, -0.05) is 45.2 Å². The highest BCUT2D eigenvalue weighted by molar-refractivity contribution is 9.10. The normalized spacial score (nSPS) is 11.8. The molecule has 0 spiro atoms. The van der Waals surface area contributed by atoms with Crippen LogP contribution in [0.5, 0.6) is 11.5 Å². The second-order valence-corrected chi connectivity index (χ2v) is 8.24. The van der Waals surface area contributed by atoms with E-state index in [2.05, 4.69) is 26.5 Å². The number of aryl methyl sites for hydroxylation is 1. The molecule has 0 aliphatic rings. The van der Waals surface area contributed by atoms with Gasteiger partial charge in [0.05, 0.1) is 11.8 Å². The molecule has 8 heteroatoms. The average Bonchev–Trinajstić information content (AvgIpc) is 2.77. The van der Waals surface area contributed by atoms with E-state index in [1.165, 1.54) is 6.21 Å². The first-order valence-electron chi connectivity index (χ1n) is 9.65. The van der Waals surface area contributed by atoms with Crippen LogP contribution in [0, 0.1) is 6.92 Å². The van der Waals surface area contributed by atoms with Gasteiger partial charge in [0.1, 0.15) is 11.5 Å². The lowest BCUT2D eigenvalue weighted by atomic mass is 10.1. The number of halogens is 2. The van der Waals surface area contributed by atoms with Crippen molar-refractivity contribution in [2.75, 3.05) is 0 Å². The van der Waals surface area contributed by atoms with Crippen LogP contribution < -0.4 is 14.9 Å². The third-order valence-corrected chi connectivity index (χ3v) is 5.08. The third kappa shape index (κ3) is 6.67. The number of nitrogens with one attached hydrogen (secondary N) is 1. The summed E-state index contributed by atoms with van der Waals surface area (Å²) >= 11 is 9.23. The predicted molar refractivity (Wildman–Crippen MR) is 128 cm³/mol. The number of hydrazone groups is 1. The molecule has 6 nitrogen and oxygen atoms in total. The minimum absolute atomic E-state index is 0.308. The summed E-state index contributed by atoms with van der Waals surface area (Å²) in [5.74, 6) is -0.110. The molecule has 0 saturated carbocycles. The van der Waals surface area contributed by atoms with Gasteiger partial charge >= 0.3 is 5.97 Å². The number of hydrogen-bond donors (Lipinski definition) is 1. The van der Waals surface area contributed by atoms with Gasteiger partial charge in [0, 0.05) is 15.1 Å². The van der Waals surface area contributed by atoms with E-state index in [-0.39, 0.29) is 0 Å². The highest BCUT2D eigenvalue weighted by atomic mass is 79.9. The fraction of sp³-hybridized carbons (Fsp3) is 0.125. The summed E-state index contributed by atoms with van der Waals surface area (Å²) in [7, 11) is 0. The molecule has 1 N–H and O–H groups in total. The van der Waals surface area contributed by atoms with Crippen LogP contribution in [0.15, 0.2) is 76.3 Å². The molecule has 3 aromatic carbocycles. The molecule has 0 aliphatic carbocycles. The van der Waals surface area contributed by atoms with Crippen molar-refractivity contribution >= 4 is 45.6 Å². The van der Waals surface area contributed by atoms with Gasteiger partial charge in [-0.25, -0.2) is 10.2 Å². The second kappa shape index (κ2) is 10.9. The Balaban J connectivity index is 1.65. The van der Waals surface area contributed by atoms with Crippen LogP contribution in [0.3, 0.4) is 0 Å². The van der Waals surface area contributed by atoms with Crippen molar-refractivity contribution in [1.29, 1.82) is 0 Å². The Bertz CT molecular complexity index is 1130. The van der Waals surface area contributed by atoms with Crippen LogP contribution in [0.1, 0.15) is 28.4 Å². The molecule has 1 amide bonds. The van der Waals surface area contributed by atoms with Gasteiger partial charge in [0.25, 0.3) is 5.91 Å². The van der Waals surface area contributed by atoms with Crippen LogP contribution in [0.2, 0.25) is 5.02 Å². The molecule has 1 atom stereocenters. The summed E-state index contributed by atoms with van der Waals surface area (Å²) < 4.78 is 11.8. The Hall–Kier alpha value is -3.16. The Morgan fingerprint density at radius 1 is 1.06 bits per heavy atom. The maximum absolute atomic E-state index is 12.5. The summed E-state index contributed by atoms with van der Waals surface area (Å²) in [4.78, 5) is 24.7. The van der Waals surface area contributed by atoms with Crippen molar-refractivity contribution in [3.05, 3.63) is 92.9 Å². The predicted octanol–water partition coefficient (Wildman–Crippen LogP) is 5.55. The van der Waals surface area contributed by atoms with E-state index in [4.69, 9.17) is 21.1 Å². The summed E-state index contributed by atoms with van der Waals surface area (Å²) in [5.41, 5.74) is 4.41. The number of amides is 1. The van der Waals surface area contributed by atoms with E-state index in [0.717, 1.165) is 10.0 Å². The molecule has 3 aromatic rings. The summed E-state index contributed by atoms with van der Waals surface area (Å²) in [6, 6.07) is 18.9. The monoisotopic (exact) mass is 514 g/mol. The first-order valence-corrected chi connectivity index (χ1v) is 10.8. The van der Waals surface area contributed by atoms with Crippen molar-refractivity contribution in [1.82, 2.24) is 5.43 Å². The van der Waals surface area contributed by atoms with E-state index in [1.807, 2.05) is 19.1 Å². The lowest BCUT2D eigenvalue weighted by Gasteiger charge is -2.13. The number of carbonyl (C=O) groups is 2. The Kier molecular flexibility index (Phi) is 8.03. The Morgan fingerprint density at radius 3 is 2.44 bits per heavy atom. The zero-order valence-electron chi connectivity index (χ0n) is 17.3. The minimum Gasteiger partial charge on any atom is -0.481 e. The first kappa shape index (κ1) is 23.5. The van der Waals surface area contributed by atoms with Gasteiger partial charge in [0.2, 0.25) is 0 Å². The van der Waals surface area contributed by atoms with E-state index in [0.29, 0.717) is 27.6 Å². The molecule has 0 radical (unpaired) electrons. The van der Waals surface area contributed by atoms with E-state index < -0.39 is 18.0 Å². The molecule has 164 valence electrons. The zero-order valence-corrected chi connectivity index (χ0v) is 19.7. The largest absolute Gasteiger partial charge is 0.481 e. The molecular formula is C24H20BrClN2O4. The number of benzene rings is 3. The van der Waals surface area contributed by atoms with Gasteiger partial charge in [-0.15, -0.1) is 0 Å². The fourth-order valence-corrected chi connectivity index (χ4v) is 3.09. The number of ether oxygens (including phenoxy) is 2. The molecule has 3 rings (SSSR count). The molecule has 0 saturated heterocycles. The number of esters is 1. The quantitative estimate of drug-likeness (QED) is 0.194. The minimum atomic E-state index is -0.783. The maximum Gasteiger partial charge on any atom is 0.343 e. The van der Waals surface area contributed by atoms with Crippen LogP contribution in [0.25, 0.3) is 0 Å². The number of rotatable bonds is 7. The third-order valence-electron chi connectivity index (χ3n) is 4.34. The number of carbonyl (C=O) groups excluding carboxylic acids is 2. The summed E-state index contributed by atoms with van der Waals surface area (Å²) in [6.07, 6.45) is 0.616. The average molecular weight is 516 g/mol. The van der Waals surface area contributed by atoms with Crippen LogP contribution in [-0.2, 0) is 4.79 Å². The van der Waals surface area contributed by atoms with Crippen LogP contribution >= 0.6 is 27.5 Å². The molecule has 0 heterocycles. The van der Waals surface area contributed by atoms with E-state index >= 15 is 0 Å². The molecule has 0 fully saturated rings. The molecule has 0 aliphatic heterocycles. The molecule has 0 bridgehead atoms. The number of nitrogens with zero attached hydrogens (tertiary/aromatic N) is 1. The lowest BCUT2D eigenvalue weighted by molar-refractivity contribution is -0.127. The smallest absolute Gasteiger partial charge is 0.343 e. The van der Waals surface area contributed by atoms with E-state index in [9.17, 15) is 9.59 Å². The Labute approximate surface area is 199 Å². The van der Waals surface area contributed by atoms with Crippen molar-refractivity contribution in [3.8, 4) is 11.5 Å². The zero-order chi connectivity index (χ0) is 23.1. The van der Waals surface area contributed by atoms with Crippen LogP contribution in [-0.4, -0.2) is 24.2 Å². The Morgan fingerprint density at radius 2 is 1.75 bits per heavy atom. The topological polar surface area (TPSA) is 77.0 Å². The van der Waals surface area contributed by atoms with Gasteiger partial charge in [-0.2, -0.15) is 5.10 Å². The fourth-order valence-electron chi connectivity index (χ4n) is 2.59. The highest BCUT2D eigenvalue weighted by Crippen LogP contribution is 2.23. The highest BCUT2D eigenvalue weighted by Gasteiger charge is 2.15. The lowest BCUT2D eigenvalue weighted by Crippen LogP contribution is -2.33. The maximum atomic E-state index is 12.5. The standard InChI is InChI=1S/C24H20BrClN2O4/c1-15-3-5-17(6-4-15)24(30)32-22-12-7-19(25)13-18(22)14-27-28-23(29)16(2)31-21-10-8-20(26)9-11-21/h3-14,16H,1-2H3,(H,28,29)/b27-14+. The van der Waals surface area contributed by atoms with E-state index in [1.54, 1.807) is 61.5 Å². The molecule has 0 aromatic heterocycles. The van der Waals surface area contributed by atoms with Crippen molar-refractivity contribution < 1.29 is 19.1 Å². The van der Waals surface area contributed by atoms with Crippen molar-refractivity contribution in [3.63, 3.8) is 0 Å². The second-order valence-electron chi connectivity index (χ2n) is 6.89. The summed E-state index contributed by atoms with van der Waals surface area (Å²) in [6.45, 7) is 3.54. The molecule has 32 heavy (non-hydrogen) atoms. The van der Waals surface area contributed by atoms with Gasteiger partial charge < -0.3 is 9.47 Å². The van der Waals surface area contributed by atoms with Gasteiger partial charge in [-0.3, -0.25) is 4.79 Å². The van der Waals surface area contributed by atoms with Crippen molar-refractivity contribution in [2.24, 2.45) is 5.10 Å². The van der Waals surface area contributed by atoms with Gasteiger partial charge in [0.15, 0.2) is 6.10 Å². The van der Waals surface area contributed by atoms with Crippen LogP contribution in [0.4, 0.5) is 0 Å². The SMILES string of the molecule is Cc1ccc(C(=O)Oc2ccc(Br)cc2/C=N/NC(=O)C(C)Oc2ccc(Cl)cc2)cc1.